The fourth-order valence-corrected chi connectivity index (χ4v) is 0.423. The van der Waals surface area contributed by atoms with E-state index in [1.807, 2.05) is 0 Å². The van der Waals surface area contributed by atoms with Crippen molar-refractivity contribution in [1.29, 1.82) is 0 Å². The third kappa shape index (κ3) is 4.01. The summed E-state index contributed by atoms with van der Waals surface area (Å²) in [6.45, 7) is 7.06. The lowest BCUT2D eigenvalue weighted by Gasteiger charge is -2.01. The lowest BCUT2D eigenvalue weighted by Crippen LogP contribution is -2.18. The molecule has 0 saturated carbocycles. The molecule has 9 heavy (non-hydrogen) atoms. The molecule has 0 heterocycles. The maximum Gasteiger partial charge on any atom is 0.0962 e. The van der Waals surface area contributed by atoms with Gasteiger partial charge in [0.05, 0.1) is 5.84 Å². The monoisotopic (exact) mass is 128 g/mol. The van der Waals surface area contributed by atoms with E-state index in [1.54, 1.807) is 0 Å². The topological polar surface area (TPSA) is 38.4 Å². The second kappa shape index (κ2) is 4.36. The van der Waals surface area contributed by atoms with E-state index < -0.39 is 0 Å². The Balaban J connectivity index is 3.55. The highest BCUT2D eigenvalue weighted by atomic mass is 14.8. The Morgan fingerprint density at radius 3 is 2.44 bits per heavy atom. The van der Waals surface area contributed by atoms with Gasteiger partial charge in [-0.05, 0) is 6.42 Å². The van der Waals surface area contributed by atoms with Crippen LogP contribution in [0.5, 0.6) is 0 Å². The molecule has 0 aromatic carbocycles. The second-order valence-corrected chi connectivity index (χ2v) is 2.46. The Kier molecular flexibility index (Phi) is 4.10. The molecular weight excluding hydrogens is 112 g/mol. The first kappa shape index (κ1) is 8.47. The van der Waals surface area contributed by atoms with E-state index in [-0.39, 0.29) is 0 Å². The summed E-state index contributed by atoms with van der Waals surface area (Å²) < 4.78 is 0. The van der Waals surface area contributed by atoms with Crippen molar-refractivity contribution in [1.82, 2.24) is 0 Å². The fraction of sp³-hybridized carbons (Fsp3) is 0.857. The minimum atomic E-state index is 0.400. The summed E-state index contributed by atoms with van der Waals surface area (Å²) in [6, 6.07) is 0. The van der Waals surface area contributed by atoms with Crippen LogP contribution in [0.4, 0.5) is 0 Å². The maximum absolute atomic E-state index is 5.55. The molecule has 2 heteroatoms. The van der Waals surface area contributed by atoms with E-state index in [9.17, 15) is 0 Å². The Hall–Kier alpha value is -0.530. The summed E-state index contributed by atoms with van der Waals surface area (Å²) in [5.74, 6) is 1.17. The molecule has 0 rings (SSSR count). The summed E-state index contributed by atoms with van der Waals surface area (Å²) in [5, 5.41) is 0. The summed E-state index contributed by atoms with van der Waals surface area (Å²) in [6.07, 6.45) is 1.08. The SMILES string of the molecule is CCCN=C(N)C(C)C. The van der Waals surface area contributed by atoms with Crippen molar-refractivity contribution < 1.29 is 0 Å². The molecule has 0 fully saturated rings. The molecule has 0 aliphatic rings. The number of hydrogen-bond acceptors (Lipinski definition) is 1. The summed E-state index contributed by atoms with van der Waals surface area (Å²) in [4.78, 5) is 4.14. The lowest BCUT2D eigenvalue weighted by atomic mass is 10.2. The zero-order valence-electron chi connectivity index (χ0n) is 6.52. The Morgan fingerprint density at radius 1 is 1.56 bits per heavy atom. The van der Waals surface area contributed by atoms with Gasteiger partial charge in [0, 0.05) is 12.5 Å². The second-order valence-electron chi connectivity index (χ2n) is 2.46. The van der Waals surface area contributed by atoms with Crippen molar-refractivity contribution in [2.75, 3.05) is 6.54 Å². The van der Waals surface area contributed by atoms with Gasteiger partial charge in [-0.25, -0.2) is 0 Å². The molecule has 0 spiro atoms. The maximum atomic E-state index is 5.55. The highest BCUT2D eigenvalue weighted by Gasteiger charge is 1.95. The van der Waals surface area contributed by atoms with E-state index in [1.165, 1.54) is 0 Å². The predicted octanol–water partition coefficient (Wildman–Crippen LogP) is 1.41. The Labute approximate surface area is 57.2 Å². The third-order valence-corrected chi connectivity index (χ3v) is 1.11. The van der Waals surface area contributed by atoms with E-state index >= 15 is 0 Å². The van der Waals surface area contributed by atoms with Crippen LogP contribution in [0.15, 0.2) is 4.99 Å². The highest BCUT2D eigenvalue weighted by Crippen LogP contribution is 1.91. The molecule has 0 bridgehead atoms. The minimum Gasteiger partial charge on any atom is -0.387 e. The molecule has 2 N–H and O–H groups in total. The van der Waals surface area contributed by atoms with Gasteiger partial charge in [0.2, 0.25) is 0 Å². The van der Waals surface area contributed by atoms with Crippen LogP contribution < -0.4 is 5.73 Å². The van der Waals surface area contributed by atoms with Gasteiger partial charge in [0.15, 0.2) is 0 Å². The number of aliphatic imine (C=N–C) groups is 1. The van der Waals surface area contributed by atoms with Gasteiger partial charge in [0.1, 0.15) is 0 Å². The Bertz CT molecular complexity index is 95.1. The number of rotatable bonds is 3. The predicted molar refractivity (Wildman–Crippen MR) is 41.6 cm³/mol. The van der Waals surface area contributed by atoms with Crippen molar-refractivity contribution in [3.8, 4) is 0 Å². The summed E-state index contributed by atoms with van der Waals surface area (Å²) in [7, 11) is 0. The number of nitrogens with zero attached hydrogens (tertiary/aromatic N) is 1. The largest absolute Gasteiger partial charge is 0.387 e. The van der Waals surface area contributed by atoms with Gasteiger partial charge >= 0.3 is 0 Å². The van der Waals surface area contributed by atoms with Crippen molar-refractivity contribution >= 4 is 5.84 Å². The van der Waals surface area contributed by atoms with Gasteiger partial charge in [0.25, 0.3) is 0 Å². The molecule has 0 aliphatic carbocycles. The van der Waals surface area contributed by atoms with E-state index in [2.05, 4.69) is 25.8 Å². The van der Waals surface area contributed by atoms with Crippen LogP contribution in [-0.2, 0) is 0 Å². The molecule has 0 atom stereocenters. The van der Waals surface area contributed by atoms with Crippen LogP contribution in [0.2, 0.25) is 0 Å². The van der Waals surface area contributed by atoms with Crippen LogP contribution in [0.25, 0.3) is 0 Å². The Morgan fingerprint density at radius 2 is 2.11 bits per heavy atom. The standard InChI is InChI=1S/C7H16N2/c1-4-5-9-7(8)6(2)3/h6H,4-5H2,1-3H3,(H2,8,9). The van der Waals surface area contributed by atoms with Crippen molar-refractivity contribution in [3.63, 3.8) is 0 Å². The average Bonchev–Trinajstić information content (AvgIpc) is 1.82. The first-order chi connectivity index (χ1) is 4.18. The van der Waals surface area contributed by atoms with Gasteiger partial charge in [-0.3, -0.25) is 4.99 Å². The first-order valence-electron chi connectivity index (χ1n) is 3.48. The lowest BCUT2D eigenvalue weighted by molar-refractivity contribution is 0.841. The number of amidine groups is 1. The van der Waals surface area contributed by atoms with E-state index in [4.69, 9.17) is 5.73 Å². The van der Waals surface area contributed by atoms with Gasteiger partial charge in [-0.1, -0.05) is 20.8 Å². The van der Waals surface area contributed by atoms with Crippen LogP contribution >= 0.6 is 0 Å². The van der Waals surface area contributed by atoms with Crippen LogP contribution in [0.3, 0.4) is 0 Å². The number of nitrogens with two attached hydrogens (primary N) is 1. The molecular formula is C7H16N2. The fourth-order valence-electron chi connectivity index (χ4n) is 0.423. The molecule has 0 unspecified atom stereocenters. The van der Waals surface area contributed by atoms with Gasteiger partial charge in [-0.2, -0.15) is 0 Å². The van der Waals surface area contributed by atoms with Crippen LogP contribution in [0.1, 0.15) is 27.2 Å². The number of hydrogen-bond donors (Lipinski definition) is 1. The molecule has 0 aromatic heterocycles. The zero-order valence-corrected chi connectivity index (χ0v) is 6.52. The summed E-state index contributed by atoms with van der Waals surface area (Å²) >= 11 is 0. The van der Waals surface area contributed by atoms with Crippen molar-refractivity contribution in [2.45, 2.75) is 27.2 Å². The normalized spacial score (nSPS) is 12.7. The molecule has 2 nitrogen and oxygen atoms in total. The smallest absolute Gasteiger partial charge is 0.0962 e. The van der Waals surface area contributed by atoms with E-state index in [0.717, 1.165) is 18.8 Å². The van der Waals surface area contributed by atoms with Gasteiger partial charge in [-0.15, -0.1) is 0 Å². The minimum absolute atomic E-state index is 0.400. The molecule has 0 aliphatic heterocycles. The zero-order chi connectivity index (χ0) is 7.28. The first-order valence-corrected chi connectivity index (χ1v) is 3.48. The van der Waals surface area contributed by atoms with Crippen molar-refractivity contribution in [3.05, 3.63) is 0 Å². The molecule has 0 amide bonds. The quantitative estimate of drug-likeness (QED) is 0.453. The molecule has 54 valence electrons. The molecule has 0 radical (unpaired) electrons. The molecule has 0 aromatic rings. The van der Waals surface area contributed by atoms with Crippen LogP contribution in [-0.4, -0.2) is 12.4 Å². The van der Waals surface area contributed by atoms with Gasteiger partial charge < -0.3 is 5.73 Å². The van der Waals surface area contributed by atoms with Crippen molar-refractivity contribution in [2.24, 2.45) is 16.6 Å². The third-order valence-electron chi connectivity index (χ3n) is 1.11. The van der Waals surface area contributed by atoms with Crippen LogP contribution in [0, 0.1) is 5.92 Å². The summed E-state index contributed by atoms with van der Waals surface area (Å²) in [5.41, 5.74) is 5.55. The highest BCUT2D eigenvalue weighted by molar-refractivity contribution is 5.82. The average molecular weight is 128 g/mol. The molecule has 0 saturated heterocycles. The van der Waals surface area contributed by atoms with E-state index in [0.29, 0.717) is 5.92 Å².